The molecule has 4 aromatic rings. The molecule has 0 fully saturated rings. The summed E-state index contributed by atoms with van der Waals surface area (Å²) in [5.74, 6) is 2.09. The Hall–Kier alpha value is -3.83. The number of thioether (sulfide) groups is 1. The Labute approximate surface area is 190 Å². The number of fused-ring (bicyclic) bond motifs is 1. The summed E-state index contributed by atoms with van der Waals surface area (Å²) in [4.78, 5) is 17.5. The monoisotopic (exact) mass is 437 g/mol. The van der Waals surface area contributed by atoms with Crippen molar-refractivity contribution >= 4 is 39.6 Å². The van der Waals surface area contributed by atoms with Gasteiger partial charge in [0.2, 0.25) is 0 Å². The maximum Gasteiger partial charge on any atom is 0.284 e. The smallest absolute Gasteiger partial charge is 0.284 e. The van der Waals surface area contributed by atoms with Gasteiger partial charge in [-0.2, -0.15) is 0 Å². The van der Waals surface area contributed by atoms with E-state index in [2.05, 4.69) is 4.99 Å². The van der Waals surface area contributed by atoms with Crippen LogP contribution in [0.15, 0.2) is 101 Å². The van der Waals surface area contributed by atoms with E-state index in [4.69, 9.17) is 9.47 Å². The molecule has 1 amide bonds. The number of carbonyl (C=O) groups excluding carboxylic acids is 1. The number of methoxy groups -OCH3 is 1. The van der Waals surface area contributed by atoms with Crippen LogP contribution in [0.1, 0.15) is 11.1 Å². The van der Waals surface area contributed by atoms with Crippen LogP contribution in [0.25, 0.3) is 16.8 Å². The predicted molar refractivity (Wildman–Crippen MR) is 131 cm³/mol. The number of benzene rings is 4. The van der Waals surface area contributed by atoms with E-state index >= 15 is 0 Å². The van der Waals surface area contributed by atoms with Gasteiger partial charge < -0.3 is 9.47 Å². The van der Waals surface area contributed by atoms with E-state index in [1.54, 1.807) is 7.11 Å². The third-order valence-electron chi connectivity index (χ3n) is 5.12. The van der Waals surface area contributed by atoms with Gasteiger partial charge in [0.05, 0.1) is 12.0 Å². The van der Waals surface area contributed by atoms with Gasteiger partial charge in [0.1, 0.15) is 22.3 Å². The number of para-hydroxylation sites is 1. The molecule has 0 aliphatic carbocycles. The lowest BCUT2D eigenvalue weighted by Gasteiger charge is -2.08. The van der Waals surface area contributed by atoms with Crippen LogP contribution in [-0.2, 0) is 4.79 Å². The molecule has 0 spiro atoms. The molecule has 0 bridgehead atoms. The maximum atomic E-state index is 12.6. The average molecular weight is 438 g/mol. The first-order valence-electron chi connectivity index (χ1n) is 10.1. The number of amides is 1. The second-order valence-electron chi connectivity index (χ2n) is 7.17. The summed E-state index contributed by atoms with van der Waals surface area (Å²) >= 11 is 1.38. The number of carbonyl (C=O) groups is 1. The number of nitrogens with zero attached hydrogens (tertiary/aromatic N) is 1. The Morgan fingerprint density at radius 3 is 2.22 bits per heavy atom. The van der Waals surface area contributed by atoms with E-state index in [0.717, 1.165) is 39.1 Å². The minimum atomic E-state index is -0.227. The van der Waals surface area contributed by atoms with E-state index in [1.807, 2.05) is 97.1 Å². The van der Waals surface area contributed by atoms with Crippen molar-refractivity contribution in [2.75, 3.05) is 7.11 Å². The summed E-state index contributed by atoms with van der Waals surface area (Å²) in [5.41, 5.74) is 1.84. The predicted octanol–water partition coefficient (Wildman–Crippen LogP) is 6.70. The summed E-state index contributed by atoms with van der Waals surface area (Å²) in [6.07, 6.45) is 1.90. The molecule has 1 heterocycles. The van der Waals surface area contributed by atoms with Crippen LogP contribution < -0.4 is 9.47 Å². The summed E-state index contributed by atoms with van der Waals surface area (Å²) in [6.45, 7) is 0. The van der Waals surface area contributed by atoms with Crippen molar-refractivity contribution in [3.05, 3.63) is 107 Å². The molecule has 1 aliphatic heterocycles. The first-order valence-corrected chi connectivity index (χ1v) is 10.9. The van der Waals surface area contributed by atoms with Crippen LogP contribution in [0.2, 0.25) is 0 Å². The fourth-order valence-electron chi connectivity index (χ4n) is 3.56. The highest BCUT2D eigenvalue weighted by atomic mass is 32.2. The number of aliphatic imine (C=N–C) groups is 1. The molecule has 0 radical (unpaired) electrons. The van der Waals surface area contributed by atoms with Gasteiger partial charge in [0, 0.05) is 10.9 Å². The molecule has 1 aliphatic rings. The number of hydrogen-bond acceptors (Lipinski definition) is 4. The third kappa shape index (κ3) is 4.03. The fourth-order valence-corrected chi connectivity index (χ4v) is 4.47. The molecule has 0 N–H and O–H groups in total. The molecule has 0 saturated heterocycles. The molecule has 0 unspecified atom stereocenters. The zero-order valence-corrected chi connectivity index (χ0v) is 18.1. The quantitative estimate of drug-likeness (QED) is 0.326. The minimum Gasteiger partial charge on any atom is -0.496 e. The summed E-state index contributed by atoms with van der Waals surface area (Å²) in [7, 11) is 1.66. The normalized spacial score (nSPS) is 14.6. The van der Waals surface area contributed by atoms with E-state index in [-0.39, 0.29) is 5.91 Å². The topological polar surface area (TPSA) is 47.9 Å². The van der Waals surface area contributed by atoms with Gasteiger partial charge in [0.15, 0.2) is 0 Å². The van der Waals surface area contributed by atoms with Crippen molar-refractivity contribution in [2.45, 2.75) is 0 Å². The van der Waals surface area contributed by atoms with Crippen LogP contribution >= 0.6 is 11.8 Å². The fraction of sp³-hybridized carbons (Fsp3) is 0.0370. The standard InChI is InChI=1S/C27H19NO3S/c1-30-24-16-13-19(22-9-5-6-10-23(22)24)17-25-26(29)28-27(32-25)18-11-14-21(15-12-18)31-20-7-3-2-4-8-20/h2-17H,1H3/b25-17-. The van der Waals surface area contributed by atoms with Gasteiger partial charge in [-0.25, -0.2) is 4.99 Å². The molecule has 156 valence electrons. The van der Waals surface area contributed by atoms with Crippen molar-refractivity contribution in [3.8, 4) is 17.2 Å². The molecule has 4 nitrogen and oxygen atoms in total. The molecular weight excluding hydrogens is 418 g/mol. The Balaban J connectivity index is 1.38. The minimum absolute atomic E-state index is 0.227. The molecule has 0 saturated carbocycles. The molecule has 32 heavy (non-hydrogen) atoms. The zero-order chi connectivity index (χ0) is 21.9. The second kappa shape index (κ2) is 8.73. The van der Waals surface area contributed by atoms with Crippen LogP contribution in [0.5, 0.6) is 17.2 Å². The van der Waals surface area contributed by atoms with Crippen LogP contribution in [-0.4, -0.2) is 18.1 Å². The van der Waals surface area contributed by atoms with Gasteiger partial charge >= 0.3 is 0 Å². The highest BCUT2D eigenvalue weighted by molar-refractivity contribution is 8.19. The largest absolute Gasteiger partial charge is 0.496 e. The first-order chi connectivity index (χ1) is 15.7. The lowest BCUT2D eigenvalue weighted by atomic mass is 10.0. The lowest BCUT2D eigenvalue weighted by molar-refractivity contribution is -0.113. The van der Waals surface area contributed by atoms with Crippen molar-refractivity contribution < 1.29 is 14.3 Å². The summed E-state index contributed by atoms with van der Waals surface area (Å²) in [5, 5.41) is 2.73. The van der Waals surface area contributed by atoms with Crippen molar-refractivity contribution in [1.82, 2.24) is 0 Å². The molecular formula is C27H19NO3S. The molecule has 4 aromatic carbocycles. The number of hydrogen-bond donors (Lipinski definition) is 0. The van der Waals surface area contributed by atoms with Gasteiger partial charge in [-0.3, -0.25) is 4.79 Å². The lowest BCUT2D eigenvalue weighted by Crippen LogP contribution is -1.92. The van der Waals surface area contributed by atoms with Crippen LogP contribution in [0, 0.1) is 0 Å². The van der Waals surface area contributed by atoms with Gasteiger partial charge in [-0.15, -0.1) is 0 Å². The molecule has 5 rings (SSSR count). The van der Waals surface area contributed by atoms with E-state index in [9.17, 15) is 4.79 Å². The maximum absolute atomic E-state index is 12.6. The Morgan fingerprint density at radius 2 is 1.47 bits per heavy atom. The van der Waals surface area contributed by atoms with Gasteiger partial charge in [0.25, 0.3) is 5.91 Å². The molecule has 0 atom stereocenters. The Bertz CT molecular complexity index is 1360. The molecule has 5 heteroatoms. The van der Waals surface area contributed by atoms with E-state index in [0.29, 0.717) is 9.95 Å². The Morgan fingerprint density at radius 1 is 0.781 bits per heavy atom. The van der Waals surface area contributed by atoms with Gasteiger partial charge in [-0.05, 0) is 59.5 Å². The Kier molecular flexibility index (Phi) is 5.48. The van der Waals surface area contributed by atoms with E-state index < -0.39 is 0 Å². The SMILES string of the molecule is COc1ccc(/C=C2\SC(c3ccc(Oc4ccccc4)cc3)=NC2=O)c2ccccc12. The average Bonchev–Trinajstić information content (AvgIpc) is 3.20. The summed E-state index contributed by atoms with van der Waals surface area (Å²) < 4.78 is 11.3. The zero-order valence-electron chi connectivity index (χ0n) is 17.3. The van der Waals surface area contributed by atoms with Crippen LogP contribution in [0.3, 0.4) is 0 Å². The number of rotatable bonds is 5. The van der Waals surface area contributed by atoms with Gasteiger partial charge in [-0.1, -0.05) is 60.3 Å². The first kappa shape index (κ1) is 20.1. The third-order valence-corrected chi connectivity index (χ3v) is 6.16. The summed E-state index contributed by atoms with van der Waals surface area (Å²) in [6, 6.07) is 29.1. The van der Waals surface area contributed by atoms with Crippen molar-refractivity contribution in [1.29, 1.82) is 0 Å². The van der Waals surface area contributed by atoms with Crippen LogP contribution in [0.4, 0.5) is 0 Å². The molecule has 0 aromatic heterocycles. The van der Waals surface area contributed by atoms with Crippen molar-refractivity contribution in [3.63, 3.8) is 0 Å². The number of ether oxygens (including phenoxy) is 2. The highest BCUT2D eigenvalue weighted by Gasteiger charge is 2.23. The van der Waals surface area contributed by atoms with E-state index in [1.165, 1.54) is 11.8 Å². The highest BCUT2D eigenvalue weighted by Crippen LogP contribution is 2.35. The second-order valence-corrected chi connectivity index (χ2v) is 8.21. The van der Waals surface area contributed by atoms with Crippen molar-refractivity contribution in [2.24, 2.45) is 4.99 Å².